The molecule has 0 saturated heterocycles. The molecule has 3 aromatic rings. The zero-order valence-corrected chi connectivity index (χ0v) is 17.5. The number of carbonyl (C=O) groups excluding carboxylic acids is 2. The van der Waals surface area contributed by atoms with E-state index < -0.39 is 5.97 Å². The molecular weight excluding hydrogens is 382 g/mol. The molecule has 0 unspecified atom stereocenters. The summed E-state index contributed by atoms with van der Waals surface area (Å²) in [4.78, 5) is 24.4. The molecule has 1 aromatic heterocycles. The molecule has 7 nitrogen and oxygen atoms in total. The van der Waals surface area contributed by atoms with Crippen molar-refractivity contribution in [3.05, 3.63) is 60.3 Å². The molecule has 1 heterocycles. The minimum atomic E-state index is -0.490. The average molecular weight is 407 g/mol. The van der Waals surface area contributed by atoms with Crippen molar-refractivity contribution in [1.29, 1.82) is 0 Å². The number of rotatable bonds is 7. The van der Waals surface area contributed by atoms with Crippen LogP contribution in [0.15, 0.2) is 54.6 Å². The molecule has 7 heteroatoms. The van der Waals surface area contributed by atoms with Gasteiger partial charge in [0.25, 0.3) is 0 Å². The number of anilines is 1. The Morgan fingerprint density at radius 1 is 1.10 bits per heavy atom. The van der Waals surface area contributed by atoms with Gasteiger partial charge in [0.15, 0.2) is 5.69 Å². The van der Waals surface area contributed by atoms with Crippen LogP contribution in [0.3, 0.4) is 0 Å². The second-order valence-electron chi connectivity index (χ2n) is 6.97. The smallest absolute Gasteiger partial charge is 0.358 e. The lowest BCUT2D eigenvalue weighted by molar-refractivity contribution is -0.118. The molecule has 3 rings (SSSR count). The van der Waals surface area contributed by atoms with Crippen molar-refractivity contribution in [3.63, 3.8) is 0 Å². The van der Waals surface area contributed by atoms with Gasteiger partial charge in [-0.3, -0.25) is 4.79 Å². The van der Waals surface area contributed by atoms with E-state index in [1.807, 2.05) is 62.4 Å². The van der Waals surface area contributed by atoms with Crippen LogP contribution < -0.4 is 10.1 Å². The third-order valence-corrected chi connectivity index (χ3v) is 4.46. The lowest BCUT2D eigenvalue weighted by atomic mass is 10.1. The van der Waals surface area contributed by atoms with Crippen molar-refractivity contribution >= 4 is 17.6 Å². The van der Waals surface area contributed by atoms with Crippen LogP contribution in [0, 0.1) is 5.92 Å². The Kier molecular flexibility index (Phi) is 6.51. The number of aromatic nitrogens is 2. The zero-order chi connectivity index (χ0) is 21.7. The maximum Gasteiger partial charge on any atom is 0.358 e. The van der Waals surface area contributed by atoms with E-state index in [4.69, 9.17) is 9.47 Å². The minimum absolute atomic E-state index is 0.0666. The van der Waals surface area contributed by atoms with Gasteiger partial charge < -0.3 is 14.8 Å². The van der Waals surface area contributed by atoms with Gasteiger partial charge in [-0.05, 0) is 49.4 Å². The van der Waals surface area contributed by atoms with Crippen molar-refractivity contribution < 1.29 is 19.1 Å². The Balaban J connectivity index is 2.06. The van der Waals surface area contributed by atoms with Crippen LogP contribution in [0.2, 0.25) is 0 Å². The first-order valence-electron chi connectivity index (χ1n) is 9.75. The maximum atomic E-state index is 12.3. The van der Waals surface area contributed by atoms with E-state index in [0.717, 1.165) is 17.0 Å². The molecule has 0 fully saturated rings. The Hall–Kier alpha value is -3.61. The molecule has 0 radical (unpaired) electrons. The second kappa shape index (κ2) is 9.26. The predicted octanol–water partition coefficient (Wildman–Crippen LogP) is 4.32. The second-order valence-corrected chi connectivity index (χ2v) is 6.97. The van der Waals surface area contributed by atoms with E-state index in [0.29, 0.717) is 11.4 Å². The van der Waals surface area contributed by atoms with Crippen LogP contribution >= 0.6 is 0 Å². The number of esters is 1. The highest BCUT2D eigenvalue weighted by atomic mass is 16.5. The lowest BCUT2D eigenvalue weighted by Crippen LogP contribution is -2.17. The molecule has 0 aliphatic rings. The summed E-state index contributed by atoms with van der Waals surface area (Å²) in [6.45, 7) is 5.69. The number of benzene rings is 2. The summed E-state index contributed by atoms with van der Waals surface area (Å²) in [6.07, 6.45) is 0. The van der Waals surface area contributed by atoms with Gasteiger partial charge >= 0.3 is 5.97 Å². The maximum absolute atomic E-state index is 12.3. The largest absolute Gasteiger partial charge is 0.497 e. The monoisotopic (exact) mass is 407 g/mol. The molecule has 0 aliphatic heterocycles. The number of hydrogen-bond acceptors (Lipinski definition) is 5. The highest BCUT2D eigenvalue weighted by molar-refractivity contribution is 5.93. The number of nitrogens with one attached hydrogen (secondary N) is 1. The van der Waals surface area contributed by atoms with Crippen LogP contribution in [0.1, 0.15) is 31.3 Å². The highest BCUT2D eigenvalue weighted by Gasteiger charge is 2.18. The van der Waals surface area contributed by atoms with Gasteiger partial charge in [-0.1, -0.05) is 26.0 Å². The lowest BCUT2D eigenvalue weighted by Gasteiger charge is -2.11. The fraction of sp³-hybridized carbons (Fsp3) is 0.261. The molecule has 0 saturated carbocycles. The summed E-state index contributed by atoms with van der Waals surface area (Å²) in [5.41, 5.74) is 3.14. The fourth-order valence-electron chi connectivity index (χ4n) is 2.85. The summed E-state index contributed by atoms with van der Waals surface area (Å²) in [5, 5.41) is 7.36. The fourth-order valence-corrected chi connectivity index (χ4v) is 2.85. The van der Waals surface area contributed by atoms with Crippen molar-refractivity contribution in [1.82, 2.24) is 9.78 Å². The number of nitrogens with zero attached hydrogens (tertiary/aromatic N) is 2. The van der Waals surface area contributed by atoms with Gasteiger partial charge in [-0.15, -0.1) is 0 Å². The molecule has 1 N–H and O–H groups in total. The Morgan fingerprint density at radius 2 is 1.83 bits per heavy atom. The normalized spacial score (nSPS) is 10.7. The van der Waals surface area contributed by atoms with Crippen molar-refractivity contribution in [2.24, 2.45) is 5.92 Å². The first-order valence-corrected chi connectivity index (χ1v) is 9.75. The van der Waals surface area contributed by atoms with Gasteiger partial charge in [0.2, 0.25) is 5.91 Å². The number of hydrogen-bond donors (Lipinski definition) is 1. The number of ether oxygens (including phenoxy) is 2. The summed E-state index contributed by atoms with van der Waals surface area (Å²) in [6, 6.07) is 16.5. The molecule has 0 spiro atoms. The number of amides is 1. The van der Waals surface area contributed by atoms with E-state index in [1.165, 1.54) is 0 Å². The quantitative estimate of drug-likeness (QED) is 0.590. The summed E-state index contributed by atoms with van der Waals surface area (Å²) < 4.78 is 12.0. The first-order chi connectivity index (χ1) is 14.4. The molecule has 1 amide bonds. The highest BCUT2D eigenvalue weighted by Crippen LogP contribution is 2.27. The van der Waals surface area contributed by atoms with E-state index >= 15 is 0 Å². The molecule has 0 bridgehead atoms. The van der Waals surface area contributed by atoms with Crippen LogP contribution in [0.4, 0.5) is 5.69 Å². The third kappa shape index (κ3) is 4.68. The van der Waals surface area contributed by atoms with E-state index in [-0.39, 0.29) is 24.1 Å². The van der Waals surface area contributed by atoms with Gasteiger partial charge in [-0.2, -0.15) is 5.10 Å². The first kappa shape index (κ1) is 21.1. The third-order valence-electron chi connectivity index (χ3n) is 4.46. The summed E-state index contributed by atoms with van der Waals surface area (Å²) >= 11 is 0. The van der Waals surface area contributed by atoms with E-state index in [9.17, 15) is 9.59 Å². The van der Waals surface area contributed by atoms with Gasteiger partial charge in [0.1, 0.15) is 5.75 Å². The Bertz CT molecular complexity index is 1040. The van der Waals surface area contributed by atoms with Gasteiger partial charge in [0.05, 0.1) is 25.1 Å². The van der Waals surface area contributed by atoms with E-state index in [2.05, 4.69) is 10.4 Å². The molecule has 2 aromatic carbocycles. The van der Waals surface area contributed by atoms with Crippen molar-refractivity contribution in [3.8, 4) is 22.7 Å². The van der Waals surface area contributed by atoms with Gasteiger partial charge in [0, 0.05) is 17.2 Å². The molecule has 30 heavy (non-hydrogen) atoms. The molecular formula is C23H25N3O4. The summed E-state index contributed by atoms with van der Waals surface area (Å²) in [7, 11) is 1.60. The number of carbonyl (C=O) groups is 2. The van der Waals surface area contributed by atoms with Crippen molar-refractivity contribution in [2.45, 2.75) is 20.8 Å². The zero-order valence-electron chi connectivity index (χ0n) is 17.5. The van der Waals surface area contributed by atoms with Gasteiger partial charge in [-0.25, -0.2) is 9.48 Å². The van der Waals surface area contributed by atoms with Crippen LogP contribution in [0.25, 0.3) is 16.9 Å². The summed E-state index contributed by atoms with van der Waals surface area (Å²) in [5.74, 6) is 0.0312. The standard InChI is InChI=1S/C23H25N3O4/c1-5-30-23(28)20-14-21(26(25-20)18-9-11-19(29-4)12-10-18)16-7-6-8-17(13-16)24-22(27)15(2)3/h6-15H,5H2,1-4H3,(H,24,27). The molecule has 156 valence electrons. The van der Waals surface area contributed by atoms with Crippen LogP contribution in [0.5, 0.6) is 5.75 Å². The average Bonchev–Trinajstić information content (AvgIpc) is 3.20. The Morgan fingerprint density at radius 3 is 2.47 bits per heavy atom. The van der Waals surface area contributed by atoms with E-state index in [1.54, 1.807) is 24.8 Å². The SMILES string of the molecule is CCOC(=O)c1cc(-c2cccc(NC(=O)C(C)C)c2)n(-c2ccc(OC)cc2)n1. The topological polar surface area (TPSA) is 82.5 Å². The molecule has 0 aliphatic carbocycles. The van der Waals surface area contributed by atoms with Crippen LogP contribution in [-0.2, 0) is 9.53 Å². The Labute approximate surface area is 175 Å². The van der Waals surface area contributed by atoms with Crippen molar-refractivity contribution in [2.75, 3.05) is 19.0 Å². The minimum Gasteiger partial charge on any atom is -0.497 e. The molecule has 0 atom stereocenters. The number of methoxy groups -OCH3 is 1. The van der Waals surface area contributed by atoms with Crippen LogP contribution in [-0.4, -0.2) is 35.4 Å². The predicted molar refractivity (Wildman–Crippen MR) is 115 cm³/mol.